The summed E-state index contributed by atoms with van der Waals surface area (Å²) in [6, 6.07) is 7.60. The van der Waals surface area contributed by atoms with Crippen LogP contribution in [0.15, 0.2) is 24.3 Å². The van der Waals surface area contributed by atoms with Crippen molar-refractivity contribution in [2.24, 2.45) is 5.92 Å². The highest BCUT2D eigenvalue weighted by Crippen LogP contribution is 2.37. The first-order valence-electron chi connectivity index (χ1n) is 6.82. The van der Waals surface area contributed by atoms with Gasteiger partial charge in [-0.3, -0.25) is 0 Å². The molecule has 5 nitrogen and oxygen atoms in total. The monoisotopic (exact) mass is 279 g/mol. The Morgan fingerprint density at radius 2 is 2.25 bits per heavy atom. The number of piperidine rings is 1. The average Bonchev–Trinajstić information content (AvgIpc) is 2.46. The molecule has 1 fully saturated rings. The summed E-state index contributed by atoms with van der Waals surface area (Å²) in [5, 5.41) is 18.9. The molecule has 1 aliphatic rings. The molecule has 1 aromatic rings. The van der Waals surface area contributed by atoms with Crippen LogP contribution in [0.25, 0.3) is 0 Å². The van der Waals surface area contributed by atoms with Crippen LogP contribution in [0.2, 0.25) is 0 Å². The van der Waals surface area contributed by atoms with Crippen molar-refractivity contribution in [2.75, 3.05) is 20.3 Å². The predicted molar refractivity (Wildman–Crippen MR) is 75.1 cm³/mol. The number of aliphatic hydroxyl groups is 1. The van der Waals surface area contributed by atoms with Crippen LogP contribution < -0.4 is 4.74 Å². The Hall–Kier alpha value is -1.75. The highest BCUT2D eigenvalue weighted by molar-refractivity contribution is 5.65. The van der Waals surface area contributed by atoms with Crippen molar-refractivity contribution in [3.8, 4) is 5.75 Å². The van der Waals surface area contributed by atoms with E-state index in [9.17, 15) is 15.0 Å². The van der Waals surface area contributed by atoms with Crippen LogP contribution >= 0.6 is 0 Å². The van der Waals surface area contributed by atoms with Crippen molar-refractivity contribution in [2.45, 2.75) is 25.3 Å². The molecular weight excluding hydrogens is 258 g/mol. The molecular formula is C15H21NO4. The highest BCUT2D eigenvalue weighted by Gasteiger charge is 2.37. The third-order valence-corrected chi connectivity index (χ3v) is 4.29. The molecule has 110 valence electrons. The average molecular weight is 279 g/mol. The fourth-order valence-corrected chi connectivity index (χ4v) is 3.10. The Kier molecular flexibility index (Phi) is 4.49. The van der Waals surface area contributed by atoms with Crippen LogP contribution in [0.1, 0.15) is 24.8 Å². The molecule has 0 spiro atoms. The number of likely N-dealkylation sites (tertiary alicyclic amines) is 1. The van der Waals surface area contributed by atoms with Gasteiger partial charge in [-0.25, -0.2) is 4.79 Å². The largest absolute Gasteiger partial charge is 0.497 e. The zero-order valence-electron chi connectivity index (χ0n) is 11.8. The normalized spacial score (nSPS) is 26.4. The van der Waals surface area contributed by atoms with E-state index in [1.54, 1.807) is 7.11 Å². The van der Waals surface area contributed by atoms with Gasteiger partial charge in [0.1, 0.15) is 5.75 Å². The van der Waals surface area contributed by atoms with E-state index in [-0.39, 0.29) is 24.5 Å². The van der Waals surface area contributed by atoms with Gasteiger partial charge in [0.2, 0.25) is 0 Å². The number of hydrogen-bond donors (Lipinski definition) is 2. The molecule has 0 bridgehead atoms. The van der Waals surface area contributed by atoms with Gasteiger partial charge >= 0.3 is 6.09 Å². The molecule has 2 rings (SSSR count). The van der Waals surface area contributed by atoms with Crippen LogP contribution in [0, 0.1) is 5.92 Å². The second-order valence-corrected chi connectivity index (χ2v) is 5.23. The van der Waals surface area contributed by atoms with Crippen LogP contribution in [0.4, 0.5) is 4.79 Å². The Bertz CT molecular complexity index is 477. The number of rotatable bonds is 3. The fraction of sp³-hybridized carbons (Fsp3) is 0.533. The topological polar surface area (TPSA) is 70.0 Å². The summed E-state index contributed by atoms with van der Waals surface area (Å²) in [4.78, 5) is 12.6. The molecule has 0 saturated carbocycles. The van der Waals surface area contributed by atoms with E-state index in [4.69, 9.17) is 4.74 Å². The SMILES string of the molecule is COc1cccc(C2CCN(C(=O)O)[C@H](C)[C@H]2CO)c1. The van der Waals surface area contributed by atoms with Gasteiger partial charge in [-0.05, 0) is 37.0 Å². The minimum atomic E-state index is -0.917. The maximum absolute atomic E-state index is 11.2. The summed E-state index contributed by atoms with van der Waals surface area (Å²) >= 11 is 0. The summed E-state index contributed by atoms with van der Waals surface area (Å²) in [6.07, 6.45) is -0.199. The zero-order chi connectivity index (χ0) is 14.7. The lowest BCUT2D eigenvalue weighted by atomic mass is 9.77. The maximum Gasteiger partial charge on any atom is 0.407 e. The van der Waals surface area contributed by atoms with Gasteiger partial charge in [-0.1, -0.05) is 12.1 Å². The number of nitrogens with zero attached hydrogens (tertiary/aromatic N) is 1. The van der Waals surface area contributed by atoms with Crippen molar-refractivity contribution in [3.05, 3.63) is 29.8 Å². The minimum absolute atomic E-state index is 0.0210. The molecule has 3 atom stereocenters. The molecule has 0 aliphatic carbocycles. The Labute approximate surface area is 118 Å². The summed E-state index contributed by atoms with van der Waals surface area (Å²) in [7, 11) is 1.62. The van der Waals surface area contributed by atoms with Gasteiger partial charge in [0, 0.05) is 25.1 Å². The maximum atomic E-state index is 11.2. The van der Waals surface area contributed by atoms with Gasteiger partial charge in [0.25, 0.3) is 0 Å². The molecule has 20 heavy (non-hydrogen) atoms. The molecule has 1 aliphatic heterocycles. The van der Waals surface area contributed by atoms with Crippen LogP contribution in [0.5, 0.6) is 5.75 Å². The number of aliphatic hydroxyl groups excluding tert-OH is 1. The molecule has 0 radical (unpaired) electrons. The second kappa shape index (κ2) is 6.13. The summed E-state index contributed by atoms with van der Waals surface area (Å²) in [6.45, 7) is 2.34. The lowest BCUT2D eigenvalue weighted by Gasteiger charge is -2.42. The molecule has 2 N–H and O–H groups in total. The lowest BCUT2D eigenvalue weighted by molar-refractivity contribution is 0.0493. The van der Waals surface area contributed by atoms with Crippen molar-refractivity contribution >= 4 is 6.09 Å². The summed E-state index contributed by atoms with van der Waals surface area (Å²) in [5.41, 5.74) is 1.10. The number of amides is 1. The van der Waals surface area contributed by atoms with E-state index in [1.807, 2.05) is 31.2 Å². The number of hydrogen-bond acceptors (Lipinski definition) is 3. The zero-order valence-corrected chi connectivity index (χ0v) is 11.8. The number of ether oxygens (including phenoxy) is 1. The predicted octanol–water partition coefficient (Wildman–Crippen LogP) is 2.16. The second-order valence-electron chi connectivity index (χ2n) is 5.23. The standard InChI is InChI=1S/C15H21NO4/c1-10-14(9-17)13(6-7-16(10)15(18)19)11-4-3-5-12(8-11)20-2/h3-5,8,10,13-14,17H,6-7,9H2,1-2H3,(H,18,19)/t10-,13?,14-/m1/s1. The van der Waals surface area contributed by atoms with Gasteiger partial charge in [0.15, 0.2) is 0 Å². The minimum Gasteiger partial charge on any atom is -0.497 e. The molecule has 1 amide bonds. The van der Waals surface area contributed by atoms with Crippen LogP contribution in [-0.4, -0.2) is 47.5 Å². The molecule has 1 aromatic carbocycles. The van der Waals surface area contributed by atoms with Gasteiger partial charge in [-0.15, -0.1) is 0 Å². The molecule has 0 aromatic heterocycles. The summed E-state index contributed by atoms with van der Waals surface area (Å²) < 4.78 is 5.23. The Balaban J connectivity index is 2.25. The van der Waals surface area contributed by atoms with Gasteiger partial charge in [0.05, 0.1) is 7.11 Å². The third-order valence-electron chi connectivity index (χ3n) is 4.29. The molecule has 5 heteroatoms. The quantitative estimate of drug-likeness (QED) is 0.889. The molecule has 1 heterocycles. The highest BCUT2D eigenvalue weighted by atomic mass is 16.5. The van der Waals surface area contributed by atoms with Crippen molar-refractivity contribution in [1.82, 2.24) is 4.90 Å². The number of methoxy groups -OCH3 is 1. The lowest BCUT2D eigenvalue weighted by Crippen LogP contribution is -2.50. The smallest absolute Gasteiger partial charge is 0.407 e. The Morgan fingerprint density at radius 1 is 1.50 bits per heavy atom. The number of benzene rings is 1. The number of carboxylic acid groups (broad SMARTS) is 1. The van der Waals surface area contributed by atoms with Crippen molar-refractivity contribution < 1.29 is 19.7 Å². The van der Waals surface area contributed by atoms with Gasteiger partial charge in [-0.2, -0.15) is 0 Å². The first-order valence-corrected chi connectivity index (χ1v) is 6.82. The van der Waals surface area contributed by atoms with Crippen molar-refractivity contribution in [1.29, 1.82) is 0 Å². The fourth-order valence-electron chi connectivity index (χ4n) is 3.10. The van der Waals surface area contributed by atoms with E-state index < -0.39 is 6.09 Å². The number of carbonyl (C=O) groups is 1. The molecule has 1 unspecified atom stereocenters. The van der Waals surface area contributed by atoms with E-state index in [0.717, 1.165) is 17.7 Å². The van der Waals surface area contributed by atoms with E-state index in [1.165, 1.54) is 4.90 Å². The van der Waals surface area contributed by atoms with Crippen LogP contribution in [-0.2, 0) is 0 Å². The Morgan fingerprint density at radius 3 is 2.85 bits per heavy atom. The third kappa shape index (κ3) is 2.72. The van der Waals surface area contributed by atoms with E-state index in [0.29, 0.717) is 6.54 Å². The molecule has 1 saturated heterocycles. The van der Waals surface area contributed by atoms with Gasteiger partial charge < -0.3 is 19.8 Å². The first kappa shape index (κ1) is 14.7. The van der Waals surface area contributed by atoms with Crippen LogP contribution in [0.3, 0.4) is 0 Å². The van der Waals surface area contributed by atoms with E-state index in [2.05, 4.69) is 0 Å². The van der Waals surface area contributed by atoms with Crippen molar-refractivity contribution in [3.63, 3.8) is 0 Å². The first-order chi connectivity index (χ1) is 9.58. The van der Waals surface area contributed by atoms with E-state index >= 15 is 0 Å². The summed E-state index contributed by atoms with van der Waals surface area (Å²) in [5.74, 6) is 0.847.